The van der Waals surface area contributed by atoms with Gasteiger partial charge in [-0.25, -0.2) is 8.42 Å². The number of hydrogen-bond donors (Lipinski definition) is 0. The minimum absolute atomic E-state index is 0.00292. The second kappa shape index (κ2) is 8.55. The van der Waals surface area contributed by atoms with Gasteiger partial charge in [0, 0.05) is 45.2 Å². The van der Waals surface area contributed by atoms with Crippen LogP contribution in [0.15, 0.2) is 29.2 Å². The normalized spacial score (nSPS) is 23.3. The first-order chi connectivity index (χ1) is 14.4. The molecule has 1 aromatic rings. The molecule has 0 radical (unpaired) electrons. The van der Waals surface area contributed by atoms with Gasteiger partial charge in [0.25, 0.3) is 0 Å². The average molecular weight is 436 g/mol. The summed E-state index contributed by atoms with van der Waals surface area (Å²) in [7, 11) is -2.12. The van der Waals surface area contributed by atoms with Crippen LogP contribution in [0.25, 0.3) is 0 Å². The number of hydrogen-bond acceptors (Lipinski definition) is 5. The minimum Gasteiger partial charge on any atom is -0.497 e. The molecule has 164 valence electrons. The van der Waals surface area contributed by atoms with Gasteiger partial charge in [-0.15, -0.1) is 0 Å². The maximum absolute atomic E-state index is 13.1. The van der Waals surface area contributed by atoms with Gasteiger partial charge in [-0.05, 0) is 49.9 Å². The Balaban J connectivity index is 1.37. The van der Waals surface area contributed by atoms with Gasteiger partial charge in [0.05, 0.1) is 17.9 Å². The van der Waals surface area contributed by atoms with Crippen LogP contribution in [0, 0.1) is 11.8 Å². The number of amides is 2. The summed E-state index contributed by atoms with van der Waals surface area (Å²) in [6.07, 6.45) is 3.32. The van der Waals surface area contributed by atoms with Gasteiger partial charge >= 0.3 is 0 Å². The Hall–Kier alpha value is -2.13. The molecular weight excluding hydrogens is 406 g/mol. The largest absolute Gasteiger partial charge is 0.497 e. The predicted molar refractivity (Wildman–Crippen MR) is 110 cm³/mol. The van der Waals surface area contributed by atoms with E-state index in [1.165, 1.54) is 23.5 Å². The molecule has 0 unspecified atom stereocenters. The second-order valence-electron chi connectivity index (χ2n) is 8.30. The molecule has 4 rings (SSSR count). The molecule has 1 aliphatic carbocycles. The minimum atomic E-state index is -3.65. The Labute approximate surface area is 177 Å². The molecule has 0 bridgehead atoms. The summed E-state index contributed by atoms with van der Waals surface area (Å²) in [4.78, 5) is 29.1. The van der Waals surface area contributed by atoms with E-state index in [1.807, 2.05) is 4.90 Å². The van der Waals surface area contributed by atoms with Gasteiger partial charge in [0.15, 0.2) is 0 Å². The van der Waals surface area contributed by atoms with E-state index in [1.54, 1.807) is 17.0 Å². The van der Waals surface area contributed by atoms with E-state index in [0.717, 1.165) is 12.8 Å². The van der Waals surface area contributed by atoms with E-state index in [2.05, 4.69) is 0 Å². The molecule has 2 saturated heterocycles. The Morgan fingerprint density at radius 2 is 1.43 bits per heavy atom. The van der Waals surface area contributed by atoms with E-state index in [9.17, 15) is 18.0 Å². The van der Waals surface area contributed by atoms with Crippen LogP contribution in [0.3, 0.4) is 0 Å². The van der Waals surface area contributed by atoms with Gasteiger partial charge in [-0.2, -0.15) is 4.31 Å². The molecule has 0 aromatic heterocycles. The van der Waals surface area contributed by atoms with Crippen LogP contribution in [0.1, 0.15) is 25.7 Å². The van der Waals surface area contributed by atoms with Crippen molar-refractivity contribution in [2.45, 2.75) is 30.6 Å². The standard InChI is InChI=1S/C21H29N3O5S/c1-29-18-6-8-19(9-7-18)30(27,28)24-10-2-3-17(15-24)21(26)23-13-11-22(12-14-23)20(25)16-4-5-16/h6-9,16-17H,2-5,10-15H2,1H3/t17-/m0/s1. The fraction of sp³-hybridized carbons (Fsp3) is 0.619. The van der Waals surface area contributed by atoms with Gasteiger partial charge in [-0.1, -0.05) is 0 Å². The van der Waals surface area contributed by atoms with Crippen molar-refractivity contribution < 1.29 is 22.7 Å². The quantitative estimate of drug-likeness (QED) is 0.693. The number of carbonyl (C=O) groups excluding carboxylic acids is 2. The van der Waals surface area contributed by atoms with Crippen molar-refractivity contribution >= 4 is 21.8 Å². The molecular formula is C21H29N3O5S. The van der Waals surface area contributed by atoms with E-state index in [-0.39, 0.29) is 35.1 Å². The Kier molecular flexibility index (Phi) is 6.02. The maximum atomic E-state index is 13.1. The molecule has 1 saturated carbocycles. The van der Waals surface area contributed by atoms with Crippen molar-refractivity contribution in [3.05, 3.63) is 24.3 Å². The summed E-state index contributed by atoms with van der Waals surface area (Å²) in [6.45, 7) is 2.82. The van der Waals surface area contributed by atoms with Gasteiger partial charge in [-0.3, -0.25) is 9.59 Å². The molecule has 0 spiro atoms. The van der Waals surface area contributed by atoms with E-state index >= 15 is 0 Å². The lowest BCUT2D eigenvalue weighted by Gasteiger charge is -2.38. The number of nitrogens with zero attached hydrogens (tertiary/aromatic N) is 3. The average Bonchev–Trinajstić information content (AvgIpc) is 3.64. The molecule has 3 aliphatic rings. The molecule has 2 aliphatic heterocycles. The Bertz CT molecular complexity index is 890. The zero-order chi connectivity index (χ0) is 21.3. The first-order valence-corrected chi connectivity index (χ1v) is 12.1. The maximum Gasteiger partial charge on any atom is 0.243 e. The van der Waals surface area contributed by atoms with Crippen LogP contribution < -0.4 is 4.74 Å². The van der Waals surface area contributed by atoms with Gasteiger partial charge < -0.3 is 14.5 Å². The third-order valence-corrected chi connectivity index (χ3v) is 8.14. The summed E-state index contributed by atoms with van der Waals surface area (Å²) in [5.41, 5.74) is 0. The van der Waals surface area contributed by atoms with Crippen LogP contribution in [0.4, 0.5) is 0 Å². The number of benzene rings is 1. The third kappa shape index (κ3) is 4.32. The fourth-order valence-electron chi connectivity index (χ4n) is 4.25. The lowest BCUT2D eigenvalue weighted by molar-refractivity contribution is -0.143. The van der Waals surface area contributed by atoms with Crippen molar-refractivity contribution in [3.8, 4) is 5.75 Å². The molecule has 9 heteroatoms. The topological polar surface area (TPSA) is 87.2 Å². The summed E-state index contributed by atoms with van der Waals surface area (Å²) in [5.74, 6) is 0.680. The zero-order valence-electron chi connectivity index (χ0n) is 17.3. The highest BCUT2D eigenvalue weighted by molar-refractivity contribution is 7.89. The summed E-state index contributed by atoms with van der Waals surface area (Å²) in [5, 5.41) is 0. The Morgan fingerprint density at radius 1 is 0.867 bits per heavy atom. The smallest absolute Gasteiger partial charge is 0.243 e. The van der Waals surface area contributed by atoms with Crippen LogP contribution in [-0.4, -0.2) is 80.7 Å². The second-order valence-corrected chi connectivity index (χ2v) is 10.2. The third-order valence-electron chi connectivity index (χ3n) is 6.26. The van der Waals surface area contributed by atoms with Gasteiger partial charge in [0.1, 0.15) is 5.75 Å². The number of sulfonamides is 1. The molecule has 2 heterocycles. The first-order valence-electron chi connectivity index (χ1n) is 10.6. The first kappa shape index (κ1) is 21.1. The molecule has 1 aromatic carbocycles. The molecule has 1 atom stereocenters. The number of piperidine rings is 1. The lowest BCUT2D eigenvalue weighted by atomic mass is 9.97. The lowest BCUT2D eigenvalue weighted by Crippen LogP contribution is -2.54. The van der Waals surface area contributed by atoms with Gasteiger partial charge in [0.2, 0.25) is 21.8 Å². The highest BCUT2D eigenvalue weighted by atomic mass is 32.2. The number of ether oxygens (including phenoxy) is 1. The molecule has 2 amide bonds. The molecule has 30 heavy (non-hydrogen) atoms. The summed E-state index contributed by atoms with van der Waals surface area (Å²) < 4.78 is 32.6. The molecule has 8 nitrogen and oxygen atoms in total. The number of rotatable bonds is 5. The predicted octanol–water partition coefficient (Wildman–Crippen LogP) is 1.18. The van der Waals surface area contributed by atoms with Crippen LogP contribution >= 0.6 is 0 Å². The summed E-state index contributed by atoms with van der Waals surface area (Å²) in [6, 6.07) is 6.33. The van der Waals surface area contributed by atoms with Crippen LogP contribution in [-0.2, 0) is 19.6 Å². The number of methoxy groups -OCH3 is 1. The fourth-order valence-corrected chi connectivity index (χ4v) is 5.78. The summed E-state index contributed by atoms with van der Waals surface area (Å²) >= 11 is 0. The highest BCUT2D eigenvalue weighted by Gasteiger charge is 2.38. The SMILES string of the molecule is COc1ccc(S(=O)(=O)N2CCC[C@H](C(=O)N3CCN(C(=O)C4CC4)CC3)C2)cc1. The number of carbonyl (C=O) groups is 2. The molecule has 3 fully saturated rings. The van der Waals surface area contributed by atoms with Crippen molar-refractivity contribution in [2.75, 3.05) is 46.4 Å². The van der Waals surface area contributed by atoms with E-state index in [0.29, 0.717) is 51.3 Å². The van der Waals surface area contributed by atoms with Crippen molar-refractivity contribution in [1.82, 2.24) is 14.1 Å². The van der Waals surface area contributed by atoms with Crippen molar-refractivity contribution in [2.24, 2.45) is 11.8 Å². The monoisotopic (exact) mass is 435 g/mol. The molecule has 0 N–H and O–H groups in total. The van der Waals surface area contributed by atoms with E-state index < -0.39 is 10.0 Å². The zero-order valence-corrected chi connectivity index (χ0v) is 18.1. The van der Waals surface area contributed by atoms with Crippen LogP contribution in [0.5, 0.6) is 5.75 Å². The van der Waals surface area contributed by atoms with Crippen molar-refractivity contribution in [3.63, 3.8) is 0 Å². The Morgan fingerprint density at radius 3 is 1.97 bits per heavy atom. The van der Waals surface area contributed by atoms with E-state index in [4.69, 9.17) is 4.74 Å². The van der Waals surface area contributed by atoms with Crippen molar-refractivity contribution in [1.29, 1.82) is 0 Å². The highest BCUT2D eigenvalue weighted by Crippen LogP contribution is 2.31. The number of piperazine rings is 1. The van der Waals surface area contributed by atoms with Crippen LogP contribution in [0.2, 0.25) is 0 Å².